The van der Waals surface area contributed by atoms with Gasteiger partial charge in [0.2, 0.25) is 0 Å². The molecule has 0 aromatic rings. The Labute approximate surface area is 81.6 Å². The fraction of sp³-hybridized carbons (Fsp3) is 0.857. The number of thioether (sulfide) groups is 1. The van der Waals surface area contributed by atoms with Crippen LogP contribution in [-0.4, -0.2) is 49.1 Å². The van der Waals surface area contributed by atoms with Gasteiger partial charge in [-0.05, 0) is 0 Å². The van der Waals surface area contributed by atoms with Gasteiger partial charge in [0.25, 0.3) is 0 Å². The molecule has 0 saturated heterocycles. The molecule has 0 amide bonds. The molecule has 6 heteroatoms. The number of hydrogen-bond acceptors (Lipinski definition) is 5. The Morgan fingerprint density at radius 3 is 2.38 bits per heavy atom. The molecular formula is C7H15NO4S. The lowest BCUT2D eigenvalue weighted by atomic mass is 10.4. The summed E-state index contributed by atoms with van der Waals surface area (Å²) in [4.78, 5) is 10.3. The Kier molecular flexibility index (Phi) is 6.97. The van der Waals surface area contributed by atoms with E-state index in [0.29, 0.717) is 11.5 Å². The van der Waals surface area contributed by atoms with Crippen LogP contribution in [0.1, 0.15) is 0 Å². The van der Waals surface area contributed by atoms with Crippen LogP contribution in [0.25, 0.3) is 0 Å². The molecule has 0 saturated carbocycles. The predicted octanol–water partition coefficient (Wildman–Crippen LogP) is -0.250. The van der Waals surface area contributed by atoms with Gasteiger partial charge in [-0.2, -0.15) is 11.8 Å². The number of methoxy groups -OCH3 is 2. The quantitative estimate of drug-likeness (QED) is 0.563. The number of carbonyl (C=O) groups is 1. The second-order valence-corrected chi connectivity index (χ2v) is 3.46. The molecule has 0 rings (SSSR count). The van der Waals surface area contributed by atoms with Crippen LogP contribution in [-0.2, 0) is 14.3 Å². The molecule has 1 atom stereocenters. The summed E-state index contributed by atoms with van der Waals surface area (Å²) in [5.41, 5.74) is 5.28. The Balaban J connectivity index is 3.48. The van der Waals surface area contributed by atoms with Gasteiger partial charge in [-0.3, -0.25) is 4.79 Å². The van der Waals surface area contributed by atoms with Crippen molar-refractivity contribution >= 4 is 17.7 Å². The first-order valence-electron chi connectivity index (χ1n) is 3.73. The predicted molar refractivity (Wildman–Crippen MR) is 50.7 cm³/mol. The molecule has 13 heavy (non-hydrogen) atoms. The van der Waals surface area contributed by atoms with E-state index in [1.54, 1.807) is 0 Å². The van der Waals surface area contributed by atoms with Crippen molar-refractivity contribution in [1.82, 2.24) is 0 Å². The maximum Gasteiger partial charge on any atom is 0.321 e. The van der Waals surface area contributed by atoms with Crippen LogP contribution in [0.2, 0.25) is 0 Å². The SMILES string of the molecule is COC(CSCC(N)C(=O)O)OC. The van der Waals surface area contributed by atoms with Gasteiger partial charge >= 0.3 is 5.97 Å². The van der Waals surface area contributed by atoms with Gasteiger partial charge < -0.3 is 20.3 Å². The minimum absolute atomic E-state index is 0.300. The third kappa shape index (κ3) is 5.87. The van der Waals surface area contributed by atoms with Crippen LogP contribution in [0.4, 0.5) is 0 Å². The molecule has 3 N–H and O–H groups in total. The van der Waals surface area contributed by atoms with Crippen LogP contribution < -0.4 is 5.73 Å². The number of carboxylic acid groups (broad SMARTS) is 1. The fourth-order valence-electron chi connectivity index (χ4n) is 0.595. The van der Waals surface area contributed by atoms with Crippen molar-refractivity contribution in [3.63, 3.8) is 0 Å². The van der Waals surface area contributed by atoms with E-state index in [2.05, 4.69) is 0 Å². The van der Waals surface area contributed by atoms with Crippen LogP contribution in [0, 0.1) is 0 Å². The Bertz CT molecular complexity index is 151. The van der Waals surface area contributed by atoms with E-state index >= 15 is 0 Å². The molecule has 0 aliphatic rings. The molecule has 0 fully saturated rings. The van der Waals surface area contributed by atoms with Crippen molar-refractivity contribution < 1.29 is 19.4 Å². The molecule has 0 bridgehead atoms. The Morgan fingerprint density at radius 1 is 1.46 bits per heavy atom. The number of carboxylic acids is 1. The van der Waals surface area contributed by atoms with Gasteiger partial charge in [0, 0.05) is 25.7 Å². The first-order valence-corrected chi connectivity index (χ1v) is 4.89. The smallest absolute Gasteiger partial charge is 0.321 e. The summed E-state index contributed by atoms with van der Waals surface area (Å²) in [7, 11) is 3.07. The molecule has 0 aliphatic heterocycles. The first kappa shape index (κ1) is 12.7. The molecule has 0 spiro atoms. The normalized spacial score (nSPS) is 13.2. The van der Waals surface area contributed by atoms with Crippen LogP contribution in [0.3, 0.4) is 0 Å². The van der Waals surface area contributed by atoms with Crippen molar-refractivity contribution in [2.45, 2.75) is 12.3 Å². The van der Waals surface area contributed by atoms with Gasteiger partial charge in [0.15, 0.2) is 6.29 Å². The van der Waals surface area contributed by atoms with Gasteiger partial charge in [0.05, 0.1) is 0 Å². The van der Waals surface area contributed by atoms with E-state index in [1.165, 1.54) is 26.0 Å². The van der Waals surface area contributed by atoms with Crippen LogP contribution in [0.5, 0.6) is 0 Å². The minimum Gasteiger partial charge on any atom is -0.480 e. The van der Waals surface area contributed by atoms with Crippen molar-refractivity contribution in [3.8, 4) is 0 Å². The molecule has 0 aromatic heterocycles. The standard InChI is InChI=1S/C7H15NO4S/c1-11-6(12-2)4-13-3-5(8)7(9)10/h5-6H,3-4,8H2,1-2H3,(H,9,10). The summed E-state index contributed by atoms with van der Waals surface area (Å²) in [5.74, 6) is -0.0501. The lowest BCUT2D eigenvalue weighted by molar-refractivity contribution is -0.137. The van der Waals surface area contributed by atoms with E-state index in [-0.39, 0.29) is 6.29 Å². The second kappa shape index (κ2) is 7.14. The van der Waals surface area contributed by atoms with Gasteiger partial charge in [-0.1, -0.05) is 0 Å². The van der Waals surface area contributed by atoms with Gasteiger partial charge in [-0.25, -0.2) is 0 Å². The van der Waals surface area contributed by atoms with E-state index in [1.807, 2.05) is 0 Å². The largest absolute Gasteiger partial charge is 0.480 e. The maximum absolute atomic E-state index is 10.3. The highest BCUT2D eigenvalue weighted by atomic mass is 32.2. The van der Waals surface area contributed by atoms with E-state index in [0.717, 1.165) is 0 Å². The number of rotatable bonds is 7. The monoisotopic (exact) mass is 209 g/mol. The zero-order valence-electron chi connectivity index (χ0n) is 7.73. The molecule has 0 aromatic carbocycles. The van der Waals surface area contributed by atoms with E-state index in [4.69, 9.17) is 20.3 Å². The first-order chi connectivity index (χ1) is 6.11. The third-order valence-corrected chi connectivity index (χ3v) is 2.50. The minimum atomic E-state index is -0.987. The summed E-state index contributed by atoms with van der Waals surface area (Å²) in [6.45, 7) is 0. The number of nitrogens with two attached hydrogens (primary N) is 1. The Hall–Kier alpha value is -0.300. The molecule has 0 radical (unpaired) electrons. The van der Waals surface area contributed by atoms with E-state index in [9.17, 15) is 4.79 Å². The van der Waals surface area contributed by atoms with Crippen LogP contribution in [0.15, 0.2) is 0 Å². The lowest BCUT2D eigenvalue weighted by Gasteiger charge is -2.13. The van der Waals surface area contributed by atoms with Crippen LogP contribution >= 0.6 is 11.8 Å². The zero-order chi connectivity index (χ0) is 10.3. The van der Waals surface area contributed by atoms with Crippen molar-refractivity contribution in [2.75, 3.05) is 25.7 Å². The van der Waals surface area contributed by atoms with E-state index < -0.39 is 12.0 Å². The maximum atomic E-state index is 10.3. The molecule has 5 nitrogen and oxygen atoms in total. The lowest BCUT2D eigenvalue weighted by Crippen LogP contribution is -2.33. The number of aliphatic carboxylic acids is 1. The highest BCUT2D eigenvalue weighted by molar-refractivity contribution is 7.99. The summed E-state index contributed by atoms with van der Waals surface area (Å²) < 4.78 is 9.82. The van der Waals surface area contributed by atoms with Gasteiger partial charge in [0.1, 0.15) is 6.04 Å². The van der Waals surface area contributed by atoms with Crippen molar-refractivity contribution in [2.24, 2.45) is 5.73 Å². The summed E-state index contributed by atoms with van der Waals surface area (Å²) in [6.07, 6.45) is -0.300. The zero-order valence-corrected chi connectivity index (χ0v) is 8.54. The molecule has 78 valence electrons. The summed E-state index contributed by atoms with van der Waals surface area (Å²) in [6, 6.07) is -0.820. The molecule has 1 unspecified atom stereocenters. The summed E-state index contributed by atoms with van der Waals surface area (Å²) in [5, 5.41) is 8.46. The highest BCUT2D eigenvalue weighted by Gasteiger charge is 2.12. The van der Waals surface area contributed by atoms with Crippen molar-refractivity contribution in [3.05, 3.63) is 0 Å². The summed E-state index contributed by atoms with van der Waals surface area (Å²) >= 11 is 1.39. The molecular weight excluding hydrogens is 194 g/mol. The highest BCUT2D eigenvalue weighted by Crippen LogP contribution is 2.06. The average Bonchev–Trinajstić information content (AvgIpc) is 2.12. The fourth-order valence-corrected chi connectivity index (χ4v) is 1.59. The van der Waals surface area contributed by atoms with Crippen molar-refractivity contribution in [1.29, 1.82) is 0 Å². The third-order valence-electron chi connectivity index (χ3n) is 1.39. The number of hydrogen-bond donors (Lipinski definition) is 2. The second-order valence-electron chi connectivity index (χ2n) is 2.38. The topological polar surface area (TPSA) is 81.8 Å². The number of ether oxygens (including phenoxy) is 2. The van der Waals surface area contributed by atoms with Gasteiger partial charge in [-0.15, -0.1) is 0 Å². The average molecular weight is 209 g/mol. The molecule has 0 heterocycles. The Morgan fingerprint density at radius 2 is 2.00 bits per heavy atom. The molecule has 0 aliphatic carbocycles.